The van der Waals surface area contributed by atoms with Crippen molar-refractivity contribution >= 4 is 14.8 Å². The molecule has 3 aromatic rings. The van der Waals surface area contributed by atoms with Crippen LogP contribution in [0.3, 0.4) is 0 Å². The molecule has 3 atom stereocenters. The van der Waals surface area contributed by atoms with E-state index in [-0.39, 0.29) is 0 Å². The molecule has 1 fully saturated rings. The minimum Gasteiger partial charge on any atom is -0.110 e. The van der Waals surface area contributed by atoms with Gasteiger partial charge in [0.05, 0.1) is 0 Å². The van der Waals surface area contributed by atoms with E-state index < -0.39 is 0 Å². The maximum Gasteiger partial charge on any atom is 0.0123 e. The van der Waals surface area contributed by atoms with Gasteiger partial charge in [-0.05, 0) is 70.7 Å². The highest BCUT2D eigenvalue weighted by Gasteiger charge is 2.35. The molecule has 0 aromatic heterocycles. The first-order chi connectivity index (χ1) is 15.7. The number of allylic oxidation sites excluding steroid dienone is 2. The molecule has 4 rings (SSSR count). The molecule has 1 aliphatic carbocycles. The van der Waals surface area contributed by atoms with E-state index in [0.717, 1.165) is 12.8 Å². The van der Waals surface area contributed by atoms with Crippen LogP contribution in [0, 0.1) is 5.92 Å². The lowest BCUT2D eigenvalue weighted by Gasteiger charge is -2.39. The maximum atomic E-state index is 3.02. The summed E-state index contributed by atoms with van der Waals surface area (Å²) in [6, 6.07) is 31.7. The topological polar surface area (TPSA) is 0 Å². The zero-order chi connectivity index (χ0) is 22.3. The van der Waals surface area contributed by atoms with Crippen LogP contribution in [0.15, 0.2) is 90.2 Å². The highest BCUT2D eigenvalue weighted by atomic mass is 31.0. The van der Waals surface area contributed by atoms with Gasteiger partial charge in [0, 0.05) is 5.92 Å². The van der Waals surface area contributed by atoms with Crippen molar-refractivity contribution in [3.63, 3.8) is 0 Å². The summed E-state index contributed by atoms with van der Waals surface area (Å²) in [4.78, 5) is 0. The van der Waals surface area contributed by atoms with Gasteiger partial charge in [0.25, 0.3) is 0 Å². The Morgan fingerprint density at radius 1 is 0.750 bits per heavy atom. The van der Waals surface area contributed by atoms with E-state index in [2.05, 4.69) is 108 Å². The molecule has 0 saturated heterocycles. The molecule has 1 heteroatoms. The molecule has 1 aliphatic rings. The molecule has 3 aromatic carbocycles. The molecule has 0 nitrogen and oxygen atoms in total. The van der Waals surface area contributed by atoms with Gasteiger partial charge in [-0.15, -0.1) is 9.24 Å². The second kappa shape index (κ2) is 11.1. The van der Waals surface area contributed by atoms with Crippen molar-refractivity contribution in [1.29, 1.82) is 0 Å². The zero-order valence-electron chi connectivity index (χ0n) is 19.6. The molecular formula is C31H37P. The van der Waals surface area contributed by atoms with Gasteiger partial charge in [-0.3, -0.25) is 0 Å². The van der Waals surface area contributed by atoms with Crippen molar-refractivity contribution in [2.24, 2.45) is 5.92 Å². The fraction of sp³-hybridized carbons (Fsp3) is 0.355. The highest BCUT2D eigenvalue weighted by Crippen LogP contribution is 2.49. The van der Waals surface area contributed by atoms with E-state index in [9.17, 15) is 0 Å². The lowest BCUT2D eigenvalue weighted by molar-refractivity contribution is 0.280. The Kier molecular flexibility index (Phi) is 7.99. The summed E-state index contributed by atoms with van der Waals surface area (Å²) in [5.41, 5.74) is 7.49. The number of hydrogen-bond acceptors (Lipinski definition) is 0. The summed E-state index contributed by atoms with van der Waals surface area (Å²) in [5.74, 6) is 1.63. The maximum absolute atomic E-state index is 3.02. The largest absolute Gasteiger partial charge is 0.110 e. The minimum absolute atomic E-state index is 0.437. The van der Waals surface area contributed by atoms with Crippen LogP contribution >= 0.6 is 9.24 Å². The van der Waals surface area contributed by atoms with Gasteiger partial charge in [0.15, 0.2) is 0 Å². The fourth-order valence-electron chi connectivity index (χ4n) is 5.85. The van der Waals surface area contributed by atoms with Gasteiger partial charge >= 0.3 is 0 Å². The predicted octanol–water partition coefficient (Wildman–Crippen LogP) is 9.20. The van der Waals surface area contributed by atoms with Crippen molar-refractivity contribution in [1.82, 2.24) is 0 Å². The van der Waals surface area contributed by atoms with Crippen LogP contribution in [0.1, 0.15) is 86.5 Å². The third kappa shape index (κ3) is 4.92. The Balaban J connectivity index is 1.83. The van der Waals surface area contributed by atoms with Crippen LogP contribution in [0.2, 0.25) is 0 Å². The van der Waals surface area contributed by atoms with Crippen LogP contribution < -0.4 is 0 Å². The SMILES string of the molecule is CCC(P)=C(CC)c1ccccc1C1CCCCC1C(c1ccccc1)c1ccccc1. The number of benzene rings is 3. The second-order valence-electron chi connectivity index (χ2n) is 9.15. The third-order valence-corrected chi connectivity index (χ3v) is 8.13. The molecule has 0 N–H and O–H groups in total. The predicted molar refractivity (Wildman–Crippen MR) is 143 cm³/mol. The molecule has 1 saturated carbocycles. The third-order valence-electron chi connectivity index (χ3n) is 7.37. The summed E-state index contributed by atoms with van der Waals surface area (Å²) in [7, 11) is 3.02. The summed E-state index contributed by atoms with van der Waals surface area (Å²) in [6.45, 7) is 4.58. The van der Waals surface area contributed by atoms with Crippen molar-refractivity contribution in [2.45, 2.75) is 64.2 Å². The van der Waals surface area contributed by atoms with E-state index in [0.29, 0.717) is 17.8 Å². The first kappa shape index (κ1) is 23.0. The van der Waals surface area contributed by atoms with Crippen LogP contribution in [0.4, 0.5) is 0 Å². The van der Waals surface area contributed by atoms with Crippen molar-refractivity contribution in [3.8, 4) is 0 Å². The van der Waals surface area contributed by atoms with Gasteiger partial charge in [-0.25, -0.2) is 0 Å². The van der Waals surface area contributed by atoms with Gasteiger partial charge in [-0.2, -0.15) is 0 Å². The first-order valence-electron chi connectivity index (χ1n) is 12.4. The van der Waals surface area contributed by atoms with E-state index >= 15 is 0 Å². The molecule has 0 radical (unpaired) electrons. The van der Waals surface area contributed by atoms with E-state index in [4.69, 9.17) is 0 Å². The molecule has 0 aliphatic heterocycles. The molecule has 32 heavy (non-hydrogen) atoms. The lowest BCUT2D eigenvalue weighted by atomic mass is 9.65. The monoisotopic (exact) mass is 440 g/mol. The van der Waals surface area contributed by atoms with Crippen LogP contribution in [-0.2, 0) is 0 Å². The quantitative estimate of drug-likeness (QED) is 0.321. The van der Waals surface area contributed by atoms with E-state index in [1.54, 1.807) is 5.56 Å². The summed E-state index contributed by atoms with van der Waals surface area (Å²) < 4.78 is 0. The zero-order valence-corrected chi connectivity index (χ0v) is 20.8. The Morgan fingerprint density at radius 3 is 1.91 bits per heavy atom. The van der Waals surface area contributed by atoms with Gasteiger partial charge in [0.2, 0.25) is 0 Å². The molecule has 166 valence electrons. The molecular weight excluding hydrogens is 403 g/mol. The lowest BCUT2D eigenvalue weighted by Crippen LogP contribution is -2.26. The van der Waals surface area contributed by atoms with Crippen LogP contribution in [-0.4, -0.2) is 0 Å². The highest BCUT2D eigenvalue weighted by molar-refractivity contribution is 7.23. The van der Waals surface area contributed by atoms with Crippen molar-refractivity contribution in [2.75, 3.05) is 0 Å². The summed E-state index contributed by atoms with van der Waals surface area (Å²) in [5, 5.41) is 1.45. The molecule has 0 spiro atoms. The smallest absolute Gasteiger partial charge is 0.0123 e. The Hall–Kier alpha value is -2.17. The first-order valence-corrected chi connectivity index (χ1v) is 13.0. The molecule has 0 heterocycles. The van der Waals surface area contributed by atoms with E-state index in [1.165, 1.54) is 53.3 Å². The Labute approximate surface area is 197 Å². The summed E-state index contributed by atoms with van der Waals surface area (Å²) in [6.07, 6.45) is 7.42. The fourth-order valence-corrected chi connectivity index (χ4v) is 6.21. The van der Waals surface area contributed by atoms with Gasteiger partial charge in [0.1, 0.15) is 0 Å². The minimum atomic E-state index is 0.437. The van der Waals surface area contributed by atoms with Crippen molar-refractivity contribution in [3.05, 3.63) is 112 Å². The number of rotatable bonds is 7. The molecule has 3 unspecified atom stereocenters. The normalized spacial score (nSPS) is 19.6. The average Bonchev–Trinajstić information content (AvgIpc) is 2.86. The van der Waals surface area contributed by atoms with E-state index in [1.807, 2.05) is 0 Å². The molecule has 0 amide bonds. The Morgan fingerprint density at radius 2 is 1.31 bits per heavy atom. The van der Waals surface area contributed by atoms with Crippen LogP contribution in [0.25, 0.3) is 5.57 Å². The van der Waals surface area contributed by atoms with Crippen molar-refractivity contribution < 1.29 is 0 Å². The molecule has 0 bridgehead atoms. The van der Waals surface area contributed by atoms with Gasteiger partial charge in [-0.1, -0.05) is 112 Å². The van der Waals surface area contributed by atoms with Crippen LogP contribution in [0.5, 0.6) is 0 Å². The Bertz CT molecular complexity index is 979. The number of hydrogen-bond donors (Lipinski definition) is 0. The van der Waals surface area contributed by atoms with Gasteiger partial charge < -0.3 is 0 Å². The second-order valence-corrected chi connectivity index (χ2v) is 9.85. The average molecular weight is 441 g/mol. The summed E-state index contributed by atoms with van der Waals surface area (Å²) >= 11 is 0. The standard InChI is InChI=1S/C31H37P/c1-3-25(30(32)4-2)26-19-11-12-20-27(26)28-21-13-14-22-29(28)31(23-15-7-5-8-16-23)24-17-9-6-10-18-24/h5-12,15-20,28-29,31H,3-4,13-14,21-22,32H2,1-2H3.